The van der Waals surface area contributed by atoms with Crippen LogP contribution < -0.4 is 0 Å². The average Bonchev–Trinajstić information content (AvgIpc) is 3.00. The molecule has 0 bridgehead atoms. The van der Waals surface area contributed by atoms with E-state index in [9.17, 15) is 18.9 Å². The molecule has 1 fully saturated rings. The molecule has 1 aliphatic heterocycles. The molecule has 2 aliphatic rings. The molecule has 0 radical (unpaired) electrons. The number of nitrogens with zero attached hydrogens (tertiary/aromatic N) is 3. The van der Waals surface area contributed by atoms with Crippen LogP contribution in [0.15, 0.2) is 40.3 Å². The fourth-order valence-corrected chi connectivity index (χ4v) is 5.32. The van der Waals surface area contributed by atoms with Crippen LogP contribution in [0.25, 0.3) is 0 Å². The van der Waals surface area contributed by atoms with Gasteiger partial charge in [0.15, 0.2) is 0 Å². The number of allylic oxidation sites excluding steroid dienone is 1. The summed E-state index contributed by atoms with van der Waals surface area (Å²) in [5, 5.41) is 18.6. The molecule has 0 aromatic heterocycles. The summed E-state index contributed by atoms with van der Waals surface area (Å²) in [5.74, 6) is -0.283. The number of nitriles is 2. The van der Waals surface area contributed by atoms with E-state index in [1.54, 1.807) is 24.3 Å². The van der Waals surface area contributed by atoms with Crippen molar-refractivity contribution in [1.82, 2.24) is 4.31 Å². The summed E-state index contributed by atoms with van der Waals surface area (Å²) >= 11 is 0. The molecule has 1 heterocycles. The molecule has 0 amide bonds. The Labute approximate surface area is 142 Å². The van der Waals surface area contributed by atoms with Crippen molar-refractivity contribution in [2.45, 2.75) is 25.2 Å². The molecule has 5 nitrogen and oxygen atoms in total. The number of hydrogen-bond acceptors (Lipinski definition) is 4. The fraction of sp³-hybridized carbons (Fsp3) is 0.444. The number of aryl methyl sites for hydroxylation is 1. The van der Waals surface area contributed by atoms with Gasteiger partial charge in [-0.3, -0.25) is 0 Å². The molecular formula is C18H19N3O2S. The van der Waals surface area contributed by atoms with E-state index in [0.717, 1.165) is 11.1 Å². The Bertz CT molecular complexity index is 872. The van der Waals surface area contributed by atoms with Gasteiger partial charge in [-0.05, 0) is 44.2 Å². The van der Waals surface area contributed by atoms with E-state index in [0.29, 0.717) is 30.0 Å². The van der Waals surface area contributed by atoms with Crippen LogP contribution in [-0.4, -0.2) is 25.8 Å². The molecular weight excluding hydrogens is 322 g/mol. The fourth-order valence-electron chi connectivity index (χ4n) is 3.80. The summed E-state index contributed by atoms with van der Waals surface area (Å²) in [6.45, 7) is 4.58. The lowest BCUT2D eigenvalue weighted by atomic mass is 9.73. The average molecular weight is 341 g/mol. The largest absolute Gasteiger partial charge is 0.243 e. The number of rotatable bonds is 2. The Morgan fingerprint density at radius 2 is 1.79 bits per heavy atom. The quantitative estimate of drug-likeness (QED) is 0.827. The normalized spacial score (nSPS) is 27.4. The lowest BCUT2D eigenvalue weighted by Gasteiger charge is -2.28. The Morgan fingerprint density at radius 1 is 1.12 bits per heavy atom. The van der Waals surface area contributed by atoms with Crippen molar-refractivity contribution in [2.75, 3.05) is 13.1 Å². The van der Waals surface area contributed by atoms with Gasteiger partial charge in [0, 0.05) is 18.7 Å². The number of sulfonamides is 1. The molecule has 1 aromatic carbocycles. The number of fused-ring (bicyclic) bond motifs is 1. The minimum atomic E-state index is -3.54. The Hall–Kier alpha value is -2.15. The molecule has 0 spiro atoms. The lowest BCUT2D eigenvalue weighted by Crippen LogP contribution is -2.29. The van der Waals surface area contributed by atoms with Crippen molar-refractivity contribution < 1.29 is 8.42 Å². The molecule has 0 unspecified atom stereocenters. The minimum absolute atomic E-state index is 0.0319. The van der Waals surface area contributed by atoms with Crippen LogP contribution in [0.2, 0.25) is 0 Å². The van der Waals surface area contributed by atoms with Gasteiger partial charge in [-0.2, -0.15) is 14.8 Å². The van der Waals surface area contributed by atoms with Crippen molar-refractivity contribution in [2.24, 2.45) is 17.8 Å². The molecule has 24 heavy (non-hydrogen) atoms. The van der Waals surface area contributed by atoms with Crippen LogP contribution >= 0.6 is 0 Å². The van der Waals surface area contributed by atoms with Gasteiger partial charge in [0.05, 0.1) is 23.0 Å². The summed E-state index contributed by atoms with van der Waals surface area (Å²) in [6, 6.07) is 11.2. The van der Waals surface area contributed by atoms with Crippen LogP contribution in [0, 0.1) is 47.3 Å². The van der Waals surface area contributed by atoms with Crippen molar-refractivity contribution in [3.8, 4) is 12.1 Å². The molecule has 0 saturated carbocycles. The molecule has 1 aliphatic carbocycles. The zero-order chi connectivity index (χ0) is 17.5. The van der Waals surface area contributed by atoms with Crippen LogP contribution in [-0.2, 0) is 10.0 Å². The second kappa shape index (κ2) is 6.05. The summed E-state index contributed by atoms with van der Waals surface area (Å²) in [6.07, 6.45) is 0.557. The number of benzene rings is 1. The van der Waals surface area contributed by atoms with E-state index in [1.165, 1.54) is 4.31 Å². The van der Waals surface area contributed by atoms with Gasteiger partial charge in [-0.15, -0.1) is 0 Å². The highest BCUT2D eigenvalue weighted by atomic mass is 32.2. The van der Waals surface area contributed by atoms with E-state index >= 15 is 0 Å². The summed E-state index contributed by atoms with van der Waals surface area (Å²) in [7, 11) is -3.54. The van der Waals surface area contributed by atoms with Crippen molar-refractivity contribution in [1.29, 1.82) is 10.5 Å². The summed E-state index contributed by atoms with van der Waals surface area (Å²) < 4.78 is 27.3. The predicted octanol–water partition coefficient (Wildman–Crippen LogP) is 2.62. The van der Waals surface area contributed by atoms with Crippen LogP contribution in [0.4, 0.5) is 0 Å². The molecule has 1 aromatic rings. The molecule has 6 heteroatoms. The van der Waals surface area contributed by atoms with Gasteiger partial charge in [0.25, 0.3) is 0 Å². The maximum Gasteiger partial charge on any atom is 0.243 e. The topological polar surface area (TPSA) is 85.0 Å². The molecule has 3 atom stereocenters. The first kappa shape index (κ1) is 16.7. The van der Waals surface area contributed by atoms with E-state index in [1.807, 2.05) is 13.8 Å². The maximum absolute atomic E-state index is 12.9. The second-order valence-electron chi connectivity index (χ2n) is 6.63. The highest BCUT2D eigenvalue weighted by molar-refractivity contribution is 7.89. The van der Waals surface area contributed by atoms with Crippen LogP contribution in [0.5, 0.6) is 0 Å². The molecule has 124 valence electrons. The third kappa shape index (κ3) is 2.62. The van der Waals surface area contributed by atoms with Gasteiger partial charge in [0.1, 0.15) is 0 Å². The van der Waals surface area contributed by atoms with E-state index in [4.69, 9.17) is 0 Å². The van der Waals surface area contributed by atoms with Gasteiger partial charge in [0.2, 0.25) is 10.0 Å². The molecule has 1 saturated heterocycles. The van der Waals surface area contributed by atoms with Crippen molar-refractivity contribution in [3.63, 3.8) is 0 Å². The lowest BCUT2D eigenvalue weighted by molar-refractivity contribution is 0.377. The minimum Gasteiger partial charge on any atom is -0.207 e. The molecule has 0 N–H and O–H groups in total. The van der Waals surface area contributed by atoms with E-state index < -0.39 is 15.9 Å². The maximum atomic E-state index is 12.9. The van der Waals surface area contributed by atoms with Crippen molar-refractivity contribution in [3.05, 3.63) is 41.0 Å². The summed E-state index contributed by atoms with van der Waals surface area (Å²) in [4.78, 5) is 0.297. The first-order chi connectivity index (χ1) is 11.4. The Morgan fingerprint density at radius 3 is 2.38 bits per heavy atom. The third-order valence-electron chi connectivity index (χ3n) is 5.21. The SMILES string of the molecule is CC1=C(C#N)[C@H](C#N)C[C@@H]2CN(S(=O)(=O)c3ccc(C)cc3)C[C@H]12. The smallest absolute Gasteiger partial charge is 0.207 e. The van der Waals surface area contributed by atoms with E-state index in [-0.39, 0.29) is 11.8 Å². The highest BCUT2D eigenvalue weighted by Crippen LogP contribution is 2.43. The predicted molar refractivity (Wildman–Crippen MR) is 89.0 cm³/mol. The second-order valence-corrected chi connectivity index (χ2v) is 8.57. The molecule has 3 rings (SSSR count). The van der Waals surface area contributed by atoms with Crippen LogP contribution in [0.1, 0.15) is 18.9 Å². The summed E-state index contributed by atoms with van der Waals surface area (Å²) in [5.41, 5.74) is 2.41. The number of hydrogen-bond donors (Lipinski definition) is 0. The van der Waals surface area contributed by atoms with Crippen molar-refractivity contribution >= 4 is 10.0 Å². The Kier molecular flexibility index (Phi) is 4.21. The van der Waals surface area contributed by atoms with Gasteiger partial charge < -0.3 is 0 Å². The zero-order valence-electron chi connectivity index (χ0n) is 13.7. The van der Waals surface area contributed by atoms with Gasteiger partial charge in [-0.1, -0.05) is 23.3 Å². The zero-order valence-corrected chi connectivity index (χ0v) is 14.5. The third-order valence-corrected chi connectivity index (χ3v) is 7.06. The Balaban J connectivity index is 1.91. The first-order valence-corrected chi connectivity index (χ1v) is 9.39. The standard InChI is InChI=1S/C18H19N3O2S/c1-12-3-5-16(6-4-12)24(22,23)21-10-15-7-14(8-19)17(9-20)13(2)18(15)11-21/h3-6,14-15,18H,7,10-11H2,1-2H3/t14-,15+,18+/m0/s1. The van der Waals surface area contributed by atoms with Crippen LogP contribution in [0.3, 0.4) is 0 Å². The van der Waals surface area contributed by atoms with Gasteiger partial charge in [-0.25, -0.2) is 8.42 Å². The highest BCUT2D eigenvalue weighted by Gasteiger charge is 2.44. The first-order valence-electron chi connectivity index (χ1n) is 7.95. The van der Waals surface area contributed by atoms with Gasteiger partial charge >= 0.3 is 0 Å². The monoisotopic (exact) mass is 341 g/mol. The van der Waals surface area contributed by atoms with E-state index in [2.05, 4.69) is 12.1 Å².